The third-order valence-corrected chi connectivity index (χ3v) is 4.97. The second-order valence-corrected chi connectivity index (χ2v) is 6.75. The Morgan fingerprint density at radius 2 is 1.81 bits per heavy atom. The molecule has 1 N–H and O–H groups in total. The van der Waals surface area contributed by atoms with Crippen molar-refractivity contribution in [1.29, 1.82) is 0 Å². The third-order valence-electron chi connectivity index (χ3n) is 3.97. The van der Waals surface area contributed by atoms with Gasteiger partial charge >= 0.3 is 0 Å². The van der Waals surface area contributed by atoms with Crippen molar-refractivity contribution in [2.75, 3.05) is 20.0 Å². The Hall–Kier alpha value is -2.21. The van der Waals surface area contributed by atoms with Crippen LogP contribution in [0.4, 0.5) is 4.39 Å². The van der Waals surface area contributed by atoms with Crippen molar-refractivity contribution in [3.63, 3.8) is 0 Å². The van der Waals surface area contributed by atoms with E-state index in [4.69, 9.17) is 9.47 Å². The molecule has 0 unspecified atom stereocenters. The third kappa shape index (κ3) is 5.66. The highest BCUT2D eigenvalue weighted by molar-refractivity contribution is 7.99. The second-order valence-electron chi connectivity index (χ2n) is 5.76. The normalized spacial score (nSPS) is 11.7. The molecule has 0 spiro atoms. The minimum atomic E-state index is -0.253. The zero-order valence-corrected chi connectivity index (χ0v) is 16.1. The molecule has 26 heavy (non-hydrogen) atoms. The lowest BCUT2D eigenvalue weighted by Crippen LogP contribution is -2.29. The molecule has 0 aliphatic rings. The Balaban J connectivity index is 1.90. The lowest BCUT2D eigenvalue weighted by molar-refractivity contribution is -0.119. The minimum absolute atomic E-state index is 0.0289. The molecule has 0 aliphatic heterocycles. The summed E-state index contributed by atoms with van der Waals surface area (Å²) in [6, 6.07) is 11.9. The Morgan fingerprint density at radius 1 is 1.12 bits per heavy atom. The Kier molecular flexibility index (Phi) is 7.78. The molecule has 0 heterocycles. The van der Waals surface area contributed by atoms with Gasteiger partial charge in [-0.25, -0.2) is 4.39 Å². The summed E-state index contributed by atoms with van der Waals surface area (Å²) in [5.41, 5.74) is 1.97. The van der Waals surface area contributed by atoms with Crippen molar-refractivity contribution in [3.8, 4) is 11.5 Å². The molecule has 0 saturated heterocycles. The summed E-state index contributed by atoms with van der Waals surface area (Å²) in [6.07, 6.45) is 0.768. The van der Waals surface area contributed by atoms with Gasteiger partial charge < -0.3 is 14.8 Å². The molecule has 0 aliphatic carbocycles. The number of thioether (sulfide) groups is 1. The standard InChI is InChI=1S/C20H24FNO3S/c1-4-17(15-7-10-18(24-2)19(11-15)25-3)22-20(23)13-26-12-14-5-8-16(21)9-6-14/h5-11,17H,4,12-13H2,1-3H3,(H,22,23)/t17-/m1/s1. The van der Waals surface area contributed by atoms with Crippen LogP contribution in [0.1, 0.15) is 30.5 Å². The molecule has 140 valence electrons. The highest BCUT2D eigenvalue weighted by Crippen LogP contribution is 2.30. The Labute approximate surface area is 158 Å². The van der Waals surface area contributed by atoms with Crippen LogP contribution in [0.3, 0.4) is 0 Å². The van der Waals surface area contributed by atoms with Gasteiger partial charge in [0.15, 0.2) is 11.5 Å². The summed E-state index contributed by atoms with van der Waals surface area (Å²) in [5, 5.41) is 3.05. The van der Waals surface area contributed by atoms with E-state index in [9.17, 15) is 9.18 Å². The number of carbonyl (C=O) groups excluding carboxylic acids is 1. The lowest BCUT2D eigenvalue weighted by atomic mass is 10.0. The molecular weight excluding hydrogens is 353 g/mol. The fourth-order valence-electron chi connectivity index (χ4n) is 2.57. The number of carbonyl (C=O) groups is 1. The molecule has 1 amide bonds. The molecule has 6 heteroatoms. The summed E-state index contributed by atoms with van der Waals surface area (Å²) < 4.78 is 23.5. The van der Waals surface area contributed by atoms with Crippen LogP contribution in [0.2, 0.25) is 0 Å². The number of methoxy groups -OCH3 is 2. The van der Waals surface area contributed by atoms with E-state index in [0.717, 1.165) is 17.5 Å². The van der Waals surface area contributed by atoms with E-state index in [2.05, 4.69) is 5.32 Å². The van der Waals surface area contributed by atoms with E-state index in [-0.39, 0.29) is 17.8 Å². The summed E-state index contributed by atoms with van der Waals surface area (Å²) in [4.78, 5) is 12.3. The van der Waals surface area contributed by atoms with Crippen LogP contribution in [0.5, 0.6) is 11.5 Å². The molecule has 0 saturated carbocycles. The van der Waals surface area contributed by atoms with Crippen molar-refractivity contribution in [3.05, 3.63) is 59.4 Å². The molecule has 0 aromatic heterocycles. The first kappa shape index (κ1) is 20.1. The van der Waals surface area contributed by atoms with E-state index >= 15 is 0 Å². The first-order valence-electron chi connectivity index (χ1n) is 8.40. The quantitative estimate of drug-likeness (QED) is 0.706. The number of nitrogens with one attached hydrogen (secondary N) is 1. The SMILES string of the molecule is CC[C@@H](NC(=O)CSCc1ccc(F)cc1)c1ccc(OC)c(OC)c1. The maximum atomic E-state index is 12.9. The first-order chi connectivity index (χ1) is 12.6. The van der Waals surface area contributed by atoms with Crippen molar-refractivity contribution in [2.45, 2.75) is 25.1 Å². The molecule has 2 aromatic rings. The summed E-state index contributed by atoms with van der Waals surface area (Å²) in [5.74, 6) is 2.04. The largest absolute Gasteiger partial charge is 0.493 e. The van der Waals surface area contributed by atoms with Crippen LogP contribution in [0.15, 0.2) is 42.5 Å². The number of hydrogen-bond acceptors (Lipinski definition) is 4. The molecule has 2 aromatic carbocycles. The van der Waals surface area contributed by atoms with Gasteiger partial charge in [-0.1, -0.05) is 25.1 Å². The number of amides is 1. The van der Waals surface area contributed by atoms with Gasteiger partial charge in [-0.2, -0.15) is 0 Å². The highest BCUT2D eigenvalue weighted by Gasteiger charge is 2.15. The highest BCUT2D eigenvalue weighted by atomic mass is 32.2. The van der Waals surface area contributed by atoms with Crippen molar-refractivity contribution in [2.24, 2.45) is 0 Å². The summed E-state index contributed by atoms with van der Waals surface area (Å²) >= 11 is 1.50. The summed E-state index contributed by atoms with van der Waals surface area (Å²) in [6.45, 7) is 2.02. The van der Waals surface area contributed by atoms with Gasteiger partial charge in [-0.05, 0) is 41.8 Å². The summed E-state index contributed by atoms with van der Waals surface area (Å²) in [7, 11) is 3.18. The van der Waals surface area contributed by atoms with Crippen molar-refractivity contribution in [1.82, 2.24) is 5.32 Å². The van der Waals surface area contributed by atoms with E-state index in [1.807, 2.05) is 25.1 Å². The predicted octanol–water partition coefficient (Wildman–Crippen LogP) is 4.34. The zero-order valence-electron chi connectivity index (χ0n) is 15.3. The maximum Gasteiger partial charge on any atom is 0.230 e. The van der Waals surface area contributed by atoms with Crippen LogP contribution in [-0.2, 0) is 10.5 Å². The van der Waals surface area contributed by atoms with Gasteiger partial charge in [0, 0.05) is 5.75 Å². The first-order valence-corrected chi connectivity index (χ1v) is 9.56. The topological polar surface area (TPSA) is 47.6 Å². The number of hydrogen-bond donors (Lipinski definition) is 1. The molecule has 2 rings (SSSR count). The van der Waals surface area contributed by atoms with Crippen LogP contribution < -0.4 is 14.8 Å². The van der Waals surface area contributed by atoms with Crippen molar-refractivity contribution < 1.29 is 18.7 Å². The lowest BCUT2D eigenvalue weighted by Gasteiger charge is -2.19. The average molecular weight is 377 g/mol. The van der Waals surface area contributed by atoms with E-state index < -0.39 is 0 Å². The second kappa shape index (κ2) is 10.1. The van der Waals surface area contributed by atoms with Crippen LogP contribution in [0, 0.1) is 5.82 Å². The fraction of sp³-hybridized carbons (Fsp3) is 0.350. The zero-order chi connectivity index (χ0) is 18.9. The number of ether oxygens (including phenoxy) is 2. The van der Waals surface area contributed by atoms with Gasteiger partial charge in [0.25, 0.3) is 0 Å². The van der Waals surface area contributed by atoms with Crippen LogP contribution >= 0.6 is 11.8 Å². The maximum absolute atomic E-state index is 12.9. The monoisotopic (exact) mass is 377 g/mol. The van der Waals surface area contributed by atoms with Gasteiger partial charge in [-0.15, -0.1) is 11.8 Å². The van der Waals surface area contributed by atoms with Crippen LogP contribution in [0.25, 0.3) is 0 Å². The number of halogens is 1. The van der Waals surface area contributed by atoms with Gasteiger partial charge in [0.05, 0.1) is 26.0 Å². The number of benzene rings is 2. The molecule has 1 atom stereocenters. The average Bonchev–Trinajstić information content (AvgIpc) is 2.67. The van der Waals surface area contributed by atoms with E-state index in [1.165, 1.54) is 23.9 Å². The van der Waals surface area contributed by atoms with E-state index in [1.54, 1.807) is 26.4 Å². The smallest absolute Gasteiger partial charge is 0.230 e. The minimum Gasteiger partial charge on any atom is -0.493 e. The van der Waals surface area contributed by atoms with Gasteiger partial charge in [-0.3, -0.25) is 4.79 Å². The Morgan fingerprint density at radius 3 is 2.42 bits per heavy atom. The molecule has 0 fully saturated rings. The van der Waals surface area contributed by atoms with Crippen LogP contribution in [-0.4, -0.2) is 25.9 Å². The molecule has 4 nitrogen and oxygen atoms in total. The van der Waals surface area contributed by atoms with E-state index in [0.29, 0.717) is 23.0 Å². The van der Waals surface area contributed by atoms with Gasteiger partial charge in [0.1, 0.15) is 5.82 Å². The fourth-order valence-corrected chi connectivity index (χ4v) is 3.37. The Bertz CT molecular complexity index is 721. The molecule has 0 radical (unpaired) electrons. The van der Waals surface area contributed by atoms with Gasteiger partial charge in [0.2, 0.25) is 5.91 Å². The molecular formula is C20H24FNO3S. The van der Waals surface area contributed by atoms with Crippen molar-refractivity contribution >= 4 is 17.7 Å². The predicted molar refractivity (Wildman–Crippen MR) is 103 cm³/mol. The molecule has 0 bridgehead atoms. The number of rotatable bonds is 9.